The SMILES string of the molecule is COc1ccc(/C=C2\Oc3c(cc4c(c3C)OCN(Cc3ccc5c(c3)OCO5)C4)C2=O)cc1OC. The molecule has 0 aromatic heterocycles. The van der Waals surface area contributed by atoms with E-state index in [0.29, 0.717) is 42.6 Å². The van der Waals surface area contributed by atoms with Crippen molar-refractivity contribution >= 4 is 11.9 Å². The van der Waals surface area contributed by atoms with Crippen molar-refractivity contribution in [2.75, 3.05) is 27.7 Å². The van der Waals surface area contributed by atoms with Gasteiger partial charge in [-0.25, -0.2) is 0 Å². The van der Waals surface area contributed by atoms with E-state index in [1.165, 1.54) is 0 Å². The first-order valence-corrected chi connectivity index (χ1v) is 11.6. The summed E-state index contributed by atoms with van der Waals surface area (Å²) in [5.41, 5.74) is 4.21. The van der Waals surface area contributed by atoms with Crippen LogP contribution in [0.4, 0.5) is 0 Å². The number of hydrogen-bond acceptors (Lipinski definition) is 8. The Bertz CT molecular complexity index is 1410. The zero-order valence-corrected chi connectivity index (χ0v) is 20.3. The standard InChI is InChI=1S/C28H25NO7/c1-16-27-19(13-29(14-33-27)12-18-5-7-22-24(10-18)35-15-34-22)11-20-26(30)25(36-28(16)20)9-17-4-6-21(31-2)23(8-17)32-3/h4-11H,12-15H2,1-3H3/b25-9-. The molecule has 0 saturated heterocycles. The maximum absolute atomic E-state index is 13.3. The molecule has 0 amide bonds. The molecule has 3 aliphatic rings. The fourth-order valence-corrected chi connectivity index (χ4v) is 4.79. The molecule has 3 heterocycles. The third kappa shape index (κ3) is 3.79. The normalized spacial score (nSPS) is 16.9. The second-order valence-electron chi connectivity index (χ2n) is 8.87. The van der Waals surface area contributed by atoms with E-state index in [0.717, 1.165) is 39.5 Å². The van der Waals surface area contributed by atoms with E-state index in [1.54, 1.807) is 32.4 Å². The molecule has 8 heteroatoms. The van der Waals surface area contributed by atoms with Crippen molar-refractivity contribution < 1.29 is 33.2 Å². The molecular weight excluding hydrogens is 462 g/mol. The van der Waals surface area contributed by atoms with Crippen LogP contribution >= 0.6 is 0 Å². The molecule has 3 aromatic carbocycles. The Labute approximate surface area is 208 Å². The maximum Gasteiger partial charge on any atom is 0.231 e. The molecule has 184 valence electrons. The number of carbonyl (C=O) groups excluding carboxylic acids is 1. The van der Waals surface area contributed by atoms with E-state index in [2.05, 4.69) is 4.90 Å². The Hall–Kier alpha value is -4.17. The highest BCUT2D eigenvalue weighted by Crippen LogP contribution is 2.43. The summed E-state index contributed by atoms with van der Waals surface area (Å²) < 4.78 is 33.7. The van der Waals surface area contributed by atoms with E-state index in [1.807, 2.05) is 37.3 Å². The number of ether oxygens (including phenoxy) is 6. The lowest BCUT2D eigenvalue weighted by atomic mass is 9.99. The Morgan fingerprint density at radius 3 is 2.61 bits per heavy atom. The zero-order chi connectivity index (χ0) is 24.8. The van der Waals surface area contributed by atoms with Crippen molar-refractivity contribution in [1.82, 2.24) is 4.90 Å². The lowest BCUT2D eigenvalue weighted by Crippen LogP contribution is -2.32. The van der Waals surface area contributed by atoms with Crippen LogP contribution in [0.1, 0.15) is 32.6 Å². The average molecular weight is 488 g/mol. The predicted molar refractivity (Wildman–Crippen MR) is 131 cm³/mol. The summed E-state index contributed by atoms with van der Waals surface area (Å²) in [4.78, 5) is 15.4. The second-order valence-corrected chi connectivity index (χ2v) is 8.87. The van der Waals surface area contributed by atoms with Gasteiger partial charge in [0, 0.05) is 24.2 Å². The molecule has 6 rings (SSSR count). The summed E-state index contributed by atoms with van der Waals surface area (Å²) in [7, 11) is 3.16. The molecule has 8 nitrogen and oxygen atoms in total. The number of allylic oxidation sites excluding steroid dienone is 1. The number of ketones is 1. The van der Waals surface area contributed by atoms with Gasteiger partial charge in [-0.15, -0.1) is 0 Å². The van der Waals surface area contributed by atoms with E-state index in [4.69, 9.17) is 28.4 Å². The number of Topliss-reactive ketones (excluding diaryl/α,β-unsaturated/α-hetero) is 1. The quantitative estimate of drug-likeness (QED) is 0.479. The average Bonchev–Trinajstić information content (AvgIpc) is 3.48. The van der Waals surface area contributed by atoms with Crippen LogP contribution in [0.5, 0.6) is 34.5 Å². The predicted octanol–water partition coefficient (Wildman–Crippen LogP) is 4.71. The molecular formula is C28H25NO7. The smallest absolute Gasteiger partial charge is 0.231 e. The van der Waals surface area contributed by atoms with Crippen LogP contribution in [0.3, 0.4) is 0 Å². The number of nitrogens with zero attached hydrogens (tertiary/aromatic N) is 1. The molecule has 0 saturated carbocycles. The van der Waals surface area contributed by atoms with Crippen LogP contribution in [0, 0.1) is 6.92 Å². The molecule has 0 spiro atoms. The van der Waals surface area contributed by atoms with E-state index in [-0.39, 0.29) is 18.3 Å². The van der Waals surface area contributed by atoms with Gasteiger partial charge in [-0.05, 0) is 54.5 Å². The first kappa shape index (κ1) is 22.3. The lowest BCUT2D eigenvalue weighted by Gasteiger charge is -2.30. The third-order valence-corrected chi connectivity index (χ3v) is 6.55. The van der Waals surface area contributed by atoms with Crippen molar-refractivity contribution in [1.29, 1.82) is 0 Å². The van der Waals surface area contributed by atoms with Crippen molar-refractivity contribution in [2.24, 2.45) is 0 Å². The first-order valence-electron chi connectivity index (χ1n) is 11.6. The Morgan fingerprint density at radius 2 is 1.78 bits per heavy atom. The van der Waals surface area contributed by atoms with Gasteiger partial charge < -0.3 is 28.4 Å². The topological polar surface area (TPSA) is 75.7 Å². The van der Waals surface area contributed by atoms with Crippen LogP contribution in [0.25, 0.3) is 6.08 Å². The molecule has 0 fully saturated rings. The van der Waals surface area contributed by atoms with Gasteiger partial charge in [0.05, 0.1) is 19.8 Å². The summed E-state index contributed by atoms with van der Waals surface area (Å²) >= 11 is 0. The minimum atomic E-state index is -0.154. The highest BCUT2D eigenvalue weighted by Gasteiger charge is 2.33. The van der Waals surface area contributed by atoms with Gasteiger partial charge in [0.2, 0.25) is 12.6 Å². The first-order chi connectivity index (χ1) is 17.5. The number of rotatable bonds is 5. The summed E-state index contributed by atoms with van der Waals surface area (Å²) in [6.07, 6.45) is 1.72. The molecule has 0 unspecified atom stereocenters. The highest BCUT2D eigenvalue weighted by molar-refractivity contribution is 6.15. The van der Waals surface area contributed by atoms with Gasteiger partial charge in [-0.1, -0.05) is 12.1 Å². The third-order valence-electron chi connectivity index (χ3n) is 6.55. The van der Waals surface area contributed by atoms with Gasteiger partial charge in [0.25, 0.3) is 0 Å². The Balaban J connectivity index is 1.25. The lowest BCUT2D eigenvalue weighted by molar-refractivity contribution is 0.0876. The molecule has 0 bridgehead atoms. The number of carbonyl (C=O) groups is 1. The van der Waals surface area contributed by atoms with Gasteiger partial charge in [-0.3, -0.25) is 9.69 Å². The van der Waals surface area contributed by atoms with Crippen molar-refractivity contribution in [3.8, 4) is 34.5 Å². The number of hydrogen-bond donors (Lipinski definition) is 0. The van der Waals surface area contributed by atoms with Crippen molar-refractivity contribution in [3.63, 3.8) is 0 Å². The van der Waals surface area contributed by atoms with Gasteiger partial charge >= 0.3 is 0 Å². The Kier molecular flexibility index (Phi) is 5.45. The second kappa shape index (κ2) is 8.80. The molecule has 0 N–H and O–H groups in total. The Morgan fingerprint density at radius 1 is 0.944 bits per heavy atom. The van der Waals surface area contributed by atoms with Crippen LogP contribution in [-0.2, 0) is 13.1 Å². The molecule has 0 radical (unpaired) electrons. The fraction of sp³-hybridized carbons (Fsp3) is 0.250. The molecule has 3 aromatic rings. The van der Waals surface area contributed by atoms with Crippen LogP contribution < -0.4 is 28.4 Å². The summed E-state index contributed by atoms with van der Waals surface area (Å²) in [5, 5.41) is 0. The minimum Gasteiger partial charge on any atom is -0.493 e. The van der Waals surface area contributed by atoms with Crippen molar-refractivity contribution in [3.05, 3.63) is 76.0 Å². The van der Waals surface area contributed by atoms with E-state index in [9.17, 15) is 4.79 Å². The maximum atomic E-state index is 13.3. The minimum absolute atomic E-state index is 0.154. The number of methoxy groups -OCH3 is 2. The molecule has 0 atom stereocenters. The summed E-state index contributed by atoms with van der Waals surface area (Å²) in [6.45, 7) is 3.95. The monoisotopic (exact) mass is 487 g/mol. The van der Waals surface area contributed by atoms with E-state index >= 15 is 0 Å². The van der Waals surface area contributed by atoms with Crippen LogP contribution in [0.15, 0.2) is 48.2 Å². The fourth-order valence-electron chi connectivity index (χ4n) is 4.79. The molecule has 3 aliphatic heterocycles. The van der Waals surface area contributed by atoms with Crippen LogP contribution in [-0.4, -0.2) is 38.4 Å². The van der Waals surface area contributed by atoms with Gasteiger partial charge in [-0.2, -0.15) is 0 Å². The highest BCUT2D eigenvalue weighted by atomic mass is 16.7. The number of benzene rings is 3. The van der Waals surface area contributed by atoms with E-state index < -0.39 is 0 Å². The summed E-state index contributed by atoms with van der Waals surface area (Å²) in [5.74, 6) is 4.16. The zero-order valence-electron chi connectivity index (χ0n) is 20.3. The molecule has 36 heavy (non-hydrogen) atoms. The van der Waals surface area contributed by atoms with Crippen molar-refractivity contribution in [2.45, 2.75) is 20.0 Å². The largest absolute Gasteiger partial charge is 0.493 e. The van der Waals surface area contributed by atoms with Gasteiger partial charge in [0.15, 0.2) is 28.8 Å². The molecule has 0 aliphatic carbocycles. The summed E-state index contributed by atoms with van der Waals surface area (Å²) in [6, 6.07) is 13.3. The number of fused-ring (bicyclic) bond motifs is 3. The van der Waals surface area contributed by atoms with Gasteiger partial charge in [0.1, 0.15) is 18.2 Å². The van der Waals surface area contributed by atoms with Crippen LogP contribution in [0.2, 0.25) is 0 Å².